The van der Waals surface area contributed by atoms with Gasteiger partial charge in [-0.15, -0.1) is 0 Å². The van der Waals surface area contributed by atoms with Crippen LogP contribution in [0.1, 0.15) is 36.4 Å². The van der Waals surface area contributed by atoms with Crippen molar-refractivity contribution in [2.75, 3.05) is 0 Å². The number of benzene rings is 1. The third-order valence-corrected chi connectivity index (χ3v) is 4.50. The molecule has 2 rings (SSSR count). The van der Waals surface area contributed by atoms with E-state index in [9.17, 15) is 0 Å². The first kappa shape index (κ1) is 11.6. The van der Waals surface area contributed by atoms with E-state index in [1.165, 1.54) is 24.0 Å². The van der Waals surface area contributed by atoms with Crippen LogP contribution in [0.3, 0.4) is 0 Å². The van der Waals surface area contributed by atoms with Crippen molar-refractivity contribution < 1.29 is 0 Å². The van der Waals surface area contributed by atoms with Gasteiger partial charge in [0.15, 0.2) is 0 Å². The van der Waals surface area contributed by atoms with Gasteiger partial charge < -0.3 is 5.73 Å². The van der Waals surface area contributed by atoms with Gasteiger partial charge in [0.25, 0.3) is 0 Å². The van der Waals surface area contributed by atoms with Gasteiger partial charge in [0.1, 0.15) is 0 Å². The maximum atomic E-state index is 6.20. The van der Waals surface area contributed by atoms with Gasteiger partial charge in [-0.2, -0.15) is 0 Å². The molecule has 1 aliphatic carbocycles. The second kappa shape index (κ2) is 4.56. The molecule has 1 atom stereocenters. The van der Waals surface area contributed by atoms with Crippen LogP contribution in [0.5, 0.6) is 0 Å². The topological polar surface area (TPSA) is 26.0 Å². The lowest BCUT2D eigenvalue weighted by molar-refractivity contribution is 0.595. The van der Waals surface area contributed by atoms with Crippen LogP contribution in [-0.2, 0) is 0 Å². The fourth-order valence-electron chi connectivity index (χ4n) is 1.79. The fraction of sp³-hybridized carbons (Fsp3) is 0.500. The average Bonchev–Trinajstić information content (AvgIpc) is 2.95. The zero-order valence-corrected chi connectivity index (χ0v) is 11.9. The first-order valence-corrected chi connectivity index (χ1v) is 6.87. The van der Waals surface area contributed by atoms with Crippen molar-refractivity contribution >= 4 is 31.9 Å². The van der Waals surface area contributed by atoms with Gasteiger partial charge in [0.2, 0.25) is 0 Å². The molecule has 1 fully saturated rings. The van der Waals surface area contributed by atoms with Gasteiger partial charge >= 0.3 is 0 Å². The van der Waals surface area contributed by atoms with Crippen molar-refractivity contribution in [2.24, 2.45) is 11.7 Å². The van der Waals surface area contributed by atoms with Crippen LogP contribution < -0.4 is 5.73 Å². The van der Waals surface area contributed by atoms with E-state index in [0.29, 0.717) is 0 Å². The van der Waals surface area contributed by atoms with Crippen molar-refractivity contribution in [3.05, 3.63) is 32.2 Å². The monoisotopic (exact) mass is 331 g/mol. The summed E-state index contributed by atoms with van der Waals surface area (Å²) in [7, 11) is 0. The Morgan fingerprint density at radius 3 is 2.60 bits per heavy atom. The van der Waals surface area contributed by atoms with Gasteiger partial charge in [0, 0.05) is 15.0 Å². The maximum absolute atomic E-state index is 6.20. The van der Waals surface area contributed by atoms with Crippen LogP contribution in [-0.4, -0.2) is 0 Å². The second-order valence-corrected chi connectivity index (χ2v) is 6.12. The summed E-state index contributed by atoms with van der Waals surface area (Å²) in [6.45, 7) is 2.09. The summed E-state index contributed by atoms with van der Waals surface area (Å²) in [5.41, 5.74) is 8.67. The molecule has 82 valence electrons. The highest BCUT2D eigenvalue weighted by molar-refractivity contribution is 9.11. The SMILES string of the molecule is Cc1cc(Br)c(C(N)CC2CC2)cc1Br. The van der Waals surface area contributed by atoms with Crippen LogP contribution in [0.15, 0.2) is 21.1 Å². The molecule has 1 aliphatic rings. The Bertz CT molecular complexity index is 372. The molecule has 15 heavy (non-hydrogen) atoms. The zero-order chi connectivity index (χ0) is 11.0. The van der Waals surface area contributed by atoms with Gasteiger partial charge in [0.05, 0.1) is 0 Å². The molecule has 1 unspecified atom stereocenters. The van der Waals surface area contributed by atoms with E-state index in [1.54, 1.807) is 0 Å². The molecule has 1 aromatic carbocycles. The van der Waals surface area contributed by atoms with Crippen molar-refractivity contribution in [3.63, 3.8) is 0 Å². The van der Waals surface area contributed by atoms with E-state index in [4.69, 9.17) is 5.73 Å². The highest BCUT2D eigenvalue weighted by Crippen LogP contribution is 2.39. The first-order valence-electron chi connectivity index (χ1n) is 5.29. The second-order valence-electron chi connectivity index (χ2n) is 4.41. The predicted octanol–water partition coefficient (Wildman–Crippen LogP) is 4.32. The summed E-state index contributed by atoms with van der Waals surface area (Å²) in [4.78, 5) is 0. The highest BCUT2D eigenvalue weighted by Gasteiger charge is 2.25. The smallest absolute Gasteiger partial charge is 0.0309 e. The molecule has 0 saturated heterocycles. The molecule has 1 saturated carbocycles. The molecular weight excluding hydrogens is 318 g/mol. The zero-order valence-electron chi connectivity index (χ0n) is 8.76. The number of rotatable bonds is 3. The lowest BCUT2D eigenvalue weighted by Crippen LogP contribution is -2.11. The van der Waals surface area contributed by atoms with E-state index in [0.717, 1.165) is 21.3 Å². The molecule has 1 aromatic rings. The van der Waals surface area contributed by atoms with Crippen LogP contribution in [0.2, 0.25) is 0 Å². The van der Waals surface area contributed by atoms with E-state index in [-0.39, 0.29) is 6.04 Å². The van der Waals surface area contributed by atoms with Crippen LogP contribution in [0, 0.1) is 12.8 Å². The lowest BCUT2D eigenvalue weighted by atomic mass is 10.0. The largest absolute Gasteiger partial charge is 0.324 e. The van der Waals surface area contributed by atoms with Crippen LogP contribution in [0.25, 0.3) is 0 Å². The molecule has 0 heterocycles. The van der Waals surface area contributed by atoms with E-state index >= 15 is 0 Å². The van der Waals surface area contributed by atoms with Gasteiger partial charge in [-0.05, 0) is 42.5 Å². The minimum Gasteiger partial charge on any atom is -0.324 e. The summed E-state index contributed by atoms with van der Waals surface area (Å²) in [6.07, 6.45) is 3.84. The average molecular weight is 333 g/mol. The highest BCUT2D eigenvalue weighted by atomic mass is 79.9. The lowest BCUT2D eigenvalue weighted by Gasteiger charge is -2.15. The number of aryl methyl sites for hydroxylation is 1. The van der Waals surface area contributed by atoms with Gasteiger partial charge in [-0.3, -0.25) is 0 Å². The van der Waals surface area contributed by atoms with Crippen molar-refractivity contribution in [2.45, 2.75) is 32.2 Å². The summed E-state index contributed by atoms with van der Waals surface area (Å²) < 4.78 is 2.28. The standard InChI is InChI=1S/C12H15Br2N/c1-7-4-11(14)9(6-10(7)13)12(15)5-8-2-3-8/h4,6,8,12H,2-3,5,15H2,1H3. The minimum absolute atomic E-state index is 0.170. The number of hydrogen-bond acceptors (Lipinski definition) is 1. The summed E-state index contributed by atoms with van der Waals surface area (Å²) in [5, 5.41) is 0. The molecule has 0 aromatic heterocycles. The molecule has 0 bridgehead atoms. The quantitative estimate of drug-likeness (QED) is 0.876. The molecule has 1 nitrogen and oxygen atoms in total. The first-order chi connectivity index (χ1) is 7.08. The van der Waals surface area contributed by atoms with E-state index in [2.05, 4.69) is 50.9 Å². The number of halogens is 2. The van der Waals surface area contributed by atoms with Crippen molar-refractivity contribution in [1.29, 1.82) is 0 Å². The van der Waals surface area contributed by atoms with E-state index in [1.807, 2.05) is 0 Å². The van der Waals surface area contributed by atoms with Crippen LogP contribution in [0.4, 0.5) is 0 Å². The van der Waals surface area contributed by atoms with Crippen molar-refractivity contribution in [1.82, 2.24) is 0 Å². The third kappa shape index (κ3) is 2.83. The Kier molecular flexibility index (Phi) is 3.53. The number of hydrogen-bond donors (Lipinski definition) is 1. The van der Waals surface area contributed by atoms with Crippen molar-refractivity contribution in [3.8, 4) is 0 Å². The molecule has 0 radical (unpaired) electrons. The number of nitrogens with two attached hydrogens (primary N) is 1. The van der Waals surface area contributed by atoms with E-state index < -0.39 is 0 Å². The van der Waals surface area contributed by atoms with Gasteiger partial charge in [-0.1, -0.05) is 44.7 Å². The Morgan fingerprint density at radius 2 is 2.00 bits per heavy atom. The molecule has 0 amide bonds. The fourth-order valence-corrected chi connectivity index (χ4v) is 2.90. The predicted molar refractivity (Wildman–Crippen MR) is 70.8 cm³/mol. The molecule has 3 heteroatoms. The normalized spacial score (nSPS) is 17.9. The summed E-state index contributed by atoms with van der Waals surface area (Å²) in [5.74, 6) is 0.868. The molecular formula is C12H15Br2N. The third-order valence-electron chi connectivity index (χ3n) is 2.96. The molecule has 0 aliphatic heterocycles. The Morgan fingerprint density at radius 1 is 1.33 bits per heavy atom. The summed E-state index contributed by atoms with van der Waals surface area (Å²) >= 11 is 7.15. The maximum Gasteiger partial charge on any atom is 0.0309 e. The Labute approximate surface area is 108 Å². The minimum atomic E-state index is 0.170. The van der Waals surface area contributed by atoms with Gasteiger partial charge in [-0.25, -0.2) is 0 Å². The Balaban J connectivity index is 2.21. The summed E-state index contributed by atoms with van der Waals surface area (Å²) in [6, 6.07) is 4.45. The van der Waals surface area contributed by atoms with Crippen LogP contribution >= 0.6 is 31.9 Å². The Hall–Kier alpha value is 0.140. The molecule has 2 N–H and O–H groups in total. The molecule has 0 spiro atoms.